The molecule has 18 heavy (non-hydrogen) atoms. The quantitative estimate of drug-likeness (QED) is 0.909. The standard InChI is InChI=1S/C13H21ClN4/c1-3-10-7-5-6-8-18(10)12-11(14)9-16-13(17-12)15-4-2/h9-10H,3-8H2,1-2H3,(H,15,16,17). The summed E-state index contributed by atoms with van der Waals surface area (Å²) in [5, 5.41) is 3.79. The highest BCUT2D eigenvalue weighted by Crippen LogP contribution is 2.30. The number of nitrogens with zero attached hydrogens (tertiary/aromatic N) is 3. The normalized spacial score (nSPS) is 19.9. The van der Waals surface area contributed by atoms with Gasteiger partial charge in [0.05, 0.1) is 6.20 Å². The second kappa shape index (κ2) is 6.23. The molecule has 0 amide bonds. The van der Waals surface area contributed by atoms with Crippen molar-refractivity contribution >= 4 is 23.4 Å². The number of nitrogens with one attached hydrogen (secondary N) is 1. The first-order valence-electron chi connectivity index (χ1n) is 6.79. The van der Waals surface area contributed by atoms with Crippen LogP contribution in [0.1, 0.15) is 39.5 Å². The topological polar surface area (TPSA) is 41.1 Å². The van der Waals surface area contributed by atoms with Crippen LogP contribution in [0.25, 0.3) is 0 Å². The molecule has 1 atom stereocenters. The van der Waals surface area contributed by atoms with E-state index in [1.54, 1.807) is 6.20 Å². The molecule has 4 nitrogen and oxygen atoms in total. The fourth-order valence-corrected chi connectivity index (χ4v) is 2.71. The molecular weight excluding hydrogens is 248 g/mol. The van der Waals surface area contributed by atoms with Crippen molar-refractivity contribution in [1.82, 2.24) is 9.97 Å². The Morgan fingerprint density at radius 3 is 3.00 bits per heavy atom. The van der Waals surface area contributed by atoms with E-state index in [1.807, 2.05) is 6.92 Å². The van der Waals surface area contributed by atoms with Gasteiger partial charge in [-0.25, -0.2) is 4.98 Å². The molecular formula is C13H21ClN4. The Morgan fingerprint density at radius 1 is 1.44 bits per heavy atom. The molecule has 0 saturated carbocycles. The van der Waals surface area contributed by atoms with E-state index in [2.05, 4.69) is 27.1 Å². The molecule has 1 aromatic rings. The highest BCUT2D eigenvalue weighted by atomic mass is 35.5. The first-order chi connectivity index (χ1) is 8.76. The lowest BCUT2D eigenvalue weighted by Gasteiger charge is -2.36. The van der Waals surface area contributed by atoms with Crippen molar-refractivity contribution in [2.45, 2.75) is 45.6 Å². The number of rotatable bonds is 4. The van der Waals surface area contributed by atoms with Gasteiger partial charge in [0.1, 0.15) is 5.02 Å². The first-order valence-corrected chi connectivity index (χ1v) is 7.17. The maximum atomic E-state index is 6.26. The Morgan fingerprint density at radius 2 is 2.28 bits per heavy atom. The molecule has 100 valence electrons. The maximum Gasteiger partial charge on any atom is 0.224 e. The van der Waals surface area contributed by atoms with Gasteiger partial charge in [-0.1, -0.05) is 18.5 Å². The maximum absolute atomic E-state index is 6.26. The van der Waals surface area contributed by atoms with E-state index in [0.29, 0.717) is 17.0 Å². The summed E-state index contributed by atoms with van der Waals surface area (Å²) in [4.78, 5) is 11.1. The van der Waals surface area contributed by atoms with E-state index in [9.17, 15) is 0 Å². The minimum Gasteiger partial charge on any atom is -0.354 e. The molecule has 0 aliphatic carbocycles. The average molecular weight is 269 g/mol. The van der Waals surface area contributed by atoms with Crippen molar-refractivity contribution in [3.05, 3.63) is 11.2 Å². The second-order valence-corrected chi connectivity index (χ2v) is 5.05. The fraction of sp³-hybridized carbons (Fsp3) is 0.692. The highest BCUT2D eigenvalue weighted by Gasteiger charge is 2.24. The molecule has 5 heteroatoms. The van der Waals surface area contributed by atoms with Crippen LogP contribution in [0.15, 0.2) is 6.20 Å². The Balaban J connectivity index is 2.26. The van der Waals surface area contributed by atoms with Crippen LogP contribution in [0.2, 0.25) is 5.02 Å². The summed E-state index contributed by atoms with van der Waals surface area (Å²) in [5.74, 6) is 1.55. The van der Waals surface area contributed by atoms with Gasteiger partial charge in [0.25, 0.3) is 0 Å². The number of halogens is 1. The zero-order valence-electron chi connectivity index (χ0n) is 11.1. The van der Waals surface area contributed by atoms with Crippen LogP contribution in [-0.4, -0.2) is 29.1 Å². The number of hydrogen-bond acceptors (Lipinski definition) is 4. The van der Waals surface area contributed by atoms with E-state index >= 15 is 0 Å². The Hall–Kier alpha value is -1.03. The van der Waals surface area contributed by atoms with Gasteiger partial charge in [0, 0.05) is 19.1 Å². The van der Waals surface area contributed by atoms with E-state index in [4.69, 9.17) is 11.6 Å². The molecule has 1 aliphatic rings. The predicted octanol–water partition coefficient (Wildman–Crippen LogP) is 3.33. The molecule has 1 aliphatic heterocycles. The van der Waals surface area contributed by atoms with Crippen LogP contribution < -0.4 is 10.2 Å². The van der Waals surface area contributed by atoms with Gasteiger partial charge < -0.3 is 10.2 Å². The molecule has 1 aromatic heterocycles. The van der Waals surface area contributed by atoms with Crippen LogP contribution in [0.5, 0.6) is 0 Å². The molecule has 2 rings (SSSR count). The fourth-order valence-electron chi connectivity index (χ4n) is 2.51. The molecule has 1 unspecified atom stereocenters. The summed E-state index contributed by atoms with van der Waals surface area (Å²) < 4.78 is 0. The molecule has 0 aromatic carbocycles. The lowest BCUT2D eigenvalue weighted by Crippen LogP contribution is -2.40. The SMILES string of the molecule is CCNc1ncc(Cl)c(N2CCCCC2CC)n1. The van der Waals surface area contributed by atoms with Gasteiger partial charge >= 0.3 is 0 Å². The monoisotopic (exact) mass is 268 g/mol. The molecule has 0 bridgehead atoms. The Bertz CT molecular complexity index is 397. The largest absolute Gasteiger partial charge is 0.354 e. The van der Waals surface area contributed by atoms with Gasteiger partial charge in [0.15, 0.2) is 5.82 Å². The third-order valence-corrected chi connectivity index (χ3v) is 3.70. The second-order valence-electron chi connectivity index (χ2n) is 4.65. The summed E-state index contributed by atoms with van der Waals surface area (Å²) in [6.07, 6.45) is 6.58. The van der Waals surface area contributed by atoms with Crippen molar-refractivity contribution in [2.75, 3.05) is 23.3 Å². The third-order valence-electron chi connectivity index (χ3n) is 3.43. The number of hydrogen-bond donors (Lipinski definition) is 1. The minimum atomic E-state index is 0.556. The van der Waals surface area contributed by atoms with Crippen LogP contribution >= 0.6 is 11.6 Å². The number of piperidine rings is 1. The van der Waals surface area contributed by atoms with Crippen LogP contribution in [0.3, 0.4) is 0 Å². The lowest BCUT2D eigenvalue weighted by atomic mass is 10.0. The number of aromatic nitrogens is 2. The summed E-state index contributed by atoms with van der Waals surface area (Å²) >= 11 is 6.26. The Kier molecular flexibility index (Phi) is 4.64. The summed E-state index contributed by atoms with van der Waals surface area (Å²) in [7, 11) is 0. The lowest BCUT2D eigenvalue weighted by molar-refractivity contribution is 0.447. The van der Waals surface area contributed by atoms with Crippen molar-refractivity contribution < 1.29 is 0 Å². The van der Waals surface area contributed by atoms with E-state index in [1.165, 1.54) is 19.3 Å². The van der Waals surface area contributed by atoms with Crippen molar-refractivity contribution in [3.63, 3.8) is 0 Å². The van der Waals surface area contributed by atoms with Gasteiger partial charge in [0.2, 0.25) is 5.95 Å². The smallest absolute Gasteiger partial charge is 0.224 e. The molecule has 1 fully saturated rings. The molecule has 1 saturated heterocycles. The Labute approximate surface area is 114 Å². The molecule has 0 spiro atoms. The zero-order chi connectivity index (χ0) is 13.0. The molecule has 0 radical (unpaired) electrons. The van der Waals surface area contributed by atoms with Crippen LogP contribution in [-0.2, 0) is 0 Å². The van der Waals surface area contributed by atoms with Crippen LogP contribution in [0, 0.1) is 0 Å². The summed E-state index contributed by atoms with van der Waals surface area (Å²) in [6, 6.07) is 0.556. The zero-order valence-corrected chi connectivity index (χ0v) is 11.9. The van der Waals surface area contributed by atoms with E-state index in [-0.39, 0.29) is 0 Å². The van der Waals surface area contributed by atoms with Gasteiger partial charge in [-0.3, -0.25) is 0 Å². The molecule has 1 N–H and O–H groups in total. The van der Waals surface area contributed by atoms with Gasteiger partial charge in [-0.15, -0.1) is 0 Å². The summed E-state index contributed by atoms with van der Waals surface area (Å²) in [6.45, 7) is 6.12. The average Bonchev–Trinajstić information content (AvgIpc) is 2.41. The van der Waals surface area contributed by atoms with Crippen molar-refractivity contribution in [2.24, 2.45) is 0 Å². The third kappa shape index (κ3) is 2.86. The summed E-state index contributed by atoms with van der Waals surface area (Å²) in [5.41, 5.74) is 0. The van der Waals surface area contributed by atoms with Crippen molar-refractivity contribution in [1.29, 1.82) is 0 Å². The van der Waals surface area contributed by atoms with Gasteiger partial charge in [-0.2, -0.15) is 4.98 Å². The molecule has 2 heterocycles. The van der Waals surface area contributed by atoms with E-state index in [0.717, 1.165) is 25.3 Å². The van der Waals surface area contributed by atoms with Crippen LogP contribution in [0.4, 0.5) is 11.8 Å². The number of anilines is 2. The van der Waals surface area contributed by atoms with Gasteiger partial charge in [-0.05, 0) is 32.6 Å². The highest BCUT2D eigenvalue weighted by molar-refractivity contribution is 6.32. The minimum absolute atomic E-state index is 0.556. The predicted molar refractivity (Wildman–Crippen MR) is 76.5 cm³/mol. The van der Waals surface area contributed by atoms with E-state index < -0.39 is 0 Å². The van der Waals surface area contributed by atoms with Crippen molar-refractivity contribution in [3.8, 4) is 0 Å². The first kappa shape index (κ1) is 13.4.